The molecule has 1 amide bonds. The monoisotopic (exact) mass is 265 g/mol. The van der Waals surface area contributed by atoms with Gasteiger partial charge in [-0.25, -0.2) is 0 Å². The number of carboxylic acids is 1. The number of aliphatic carboxylic acids is 1. The normalized spacial score (nSPS) is 35.2. The Bertz CT molecular complexity index is 381. The molecule has 0 aromatic carbocycles. The van der Waals surface area contributed by atoms with Gasteiger partial charge in [0.15, 0.2) is 0 Å². The molecule has 2 aliphatic rings. The van der Waals surface area contributed by atoms with Crippen molar-refractivity contribution in [3.05, 3.63) is 12.2 Å². The van der Waals surface area contributed by atoms with Gasteiger partial charge in [-0.3, -0.25) is 9.59 Å². The first-order valence-electron chi connectivity index (χ1n) is 7.15. The van der Waals surface area contributed by atoms with Crippen molar-refractivity contribution in [1.29, 1.82) is 0 Å². The van der Waals surface area contributed by atoms with E-state index in [0.29, 0.717) is 24.7 Å². The largest absolute Gasteiger partial charge is 0.481 e. The summed E-state index contributed by atoms with van der Waals surface area (Å²) in [6, 6.07) is 0. The molecule has 4 nitrogen and oxygen atoms in total. The zero-order chi connectivity index (χ0) is 14.0. The van der Waals surface area contributed by atoms with Crippen LogP contribution in [0, 0.1) is 23.7 Å². The van der Waals surface area contributed by atoms with Gasteiger partial charge in [0.1, 0.15) is 0 Å². The van der Waals surface area contributed by atoms with Gasteiger partial charge in [0, 0.05) is 13.1 Å². The van der Waals surface area contributed by atoms with E-state index < -0.39 is 11.9 Å². The van der Waals surface area contributed by atoms with E-state index in [-0.39, 0.29) is 11.8 Å². The molecule has 1 heterocycles. The van der Waals surface area contributed by atoms with E-state index in [1.165, 1.54) is 0 Å². The number of piperidine rings is 1. The molecular weight excluding hydrogens is 242 g/mol. The van der Waals surface area contributed by atoms with Gasteiger partial charge in [0.25, 0.3) is 0 Å². The number of hydrogen-bond donors (Lipinski definition) is 1. The maximum absolute atomic E-state index is 12.6. The summed E-state index contributed by atoms with van der Waals surface area (Å²) in [5, 5.41) is 9.26. The second kappa shape index (κ2) is 5.76. The van der Waals surface area contributed by atoms with Crippen molar-refractivity contribution < 1.29 is 14.7 Å². The van der Waals surface area contributed by atoms with Crippen LogP contribution in [0.15, 0.2) is 12.2 Å². The van der Waals surface area contributed by atoms with Crippen LogP contribution in [0.1, 0.15) is 33.1 Å². The van der Waals surface area contributed by atoms with Gasteiger partial charge in [0.05, 0.1) is 11.8 Å². The van der Waals surface area contributed by atoms with Crippen molar-refractivity contribution in [2.75, 3.05) is 13.1 Å². The number of likely N-dealkylation sites (tertiary alicyclic amines) is 1. The minimum absolute atomic E-state index is 0.0372. The van der Waals surface area contributed by atoms with E-state index in [9.17, 15) is 14.7 Å². The van der Waals surface area contributed by atoms with Gasteiger partial charge in [0.2, 0.25) is 5.91 Å². The molecule has 0 aromatic rings. The molecule has 2 rings (SSSR count). The standard InChI is InChI=1S/C15H23NO3/c1-10-7-11(2)9-16(8-10)14(17)12-5-3-4-6-13(12)15(18)19/h3-4,10-13H,5-9H2,1-2H3,(H,18,19)/t10?,11?,12-,13+/m1/s1. The molecule has 2 unspecified atom stereocenters. The first-order valence-corrected chi connectivity index (χ1v) is 7.15. The van der Waals surface area contributed by atoms with Crippen molar-refractivity contribution in [2.45, 2.75) is 33.1 Å². The van der Waals surface area contributed by atoms with E-state index in [4.69, 9.17) is 0 Å². The summed E-state index contributed by atoms with van der Waals surface area (Å²) in [5.74, 6) is -0.716. The number of nitrogens with zero attached hydrogens (tertiary/aromatic N) is 1. The van der Waals surface area contributed by atoms with Crippen LogP contribution in [-0.4, -0.2) is 35.0 Å². The predicted octanol–water partition coefficient (Wildman–Crippen LogP) is 2.16. The fraction of sp³-hybridized carbons (Fsp3) is 0.733. The average Bonchev–Trinajstić information content (AvgIpc) is 2.36. The van der Waals surface area contributed by atoms with Crippen molar-refractivity contribution in [3.8, 4) is 0 Å². The van der Waals surface area contributed by atoms with E-state index in [1.807, 2.05) is 17.1 Å². The quantitative estimate of drug-likeness (QED) is 0.778. The molecule has 0 bridgehead atoms. The zero-order valence-corrected chi connectivity index (χ0v) is 11.7. The third-order valence-electron chi connectivity index (χ3n) is 4.25. The Labute approximate surface area is 114 Å². The van der Waals surface area contributed by atoms with Crippen LogP contribution in [-0.2, 0) is 9.59 Å². The van der Waals surface area contributed by atoms with E-state index >= 15 is 0 Å². The molecule has 0 aromatic heterocycles. The Morgan fingerprint density at radius 3 is 2.11 bits per heavy atom. The minimum Gasteiger partial charge on any atom is -0.481 e. The number of allylic oxidation sites excluding steroid dienone is 2. The number of carboxylic acid groups (broad SMARTS) is 1. The van der Waals surface area contributed by atoms with Crippen molar-refractivity contribution in [1.82, 2.24) is 4.90 Å². The highest BCUT2D eigenvalue weighted by Gasteiger charge is 2.37. The highest BCUT2D eigenvalue weighted by atomic mass is 16.4. The Morgan fingerprint density at radius 2 is 1.58 bits per heavy atom. The molecule has 1 saturated heterocycles. The summed E-state index contributed by atoms with van der Waals surface area (Å²) in [5.41, 5.74) is 0. The van der Waals surface area contributed by atoms with Crippen molar-refractivity contribution in [2.24, 2.45) is 23.7 Å². The lowest BCUT2D eigenvalue weighted by Crippen LogP contribution is -2.47. The molecule has 4 heteroatoms. The number of hydrogen-bond acceptors (Lipinski definition) is 2. The Kier molecular flexibility index (Phi) is 4.27. The molecule has 1 aliphatic carbocycles. The zero-order valence-electron chi connectivity index (χ0n) is 11.7. The van der Waals surface area contributed by atoms with Crippen LogP contribution in [0.4, 0.5) is 0 Å². The molecule has 4 atom stereocenters. The van der Waals surface area contributed by atoms with Crippen LogP contribution in [0.2, 0.25) is 0 Å². The fourth-order valence-corrected chi connectivity index (χ4v) is 3.44. The SMILES string of the molecule is CC1CC(C)CN(C(=O)[C@@H]2CC=CC[C@@H]2C(=O)O)C1. The molecule has 0 saturated carbocycles. The topological polar surface area (TPSA) is 57.6 Å². The maximum Gasteiger partial charge on any atom is 0.307 e. The lowest BCUT2D eigenvalue weighted by atomic mass is 9.81. The van der Waals surface area contributed by atoms with Crippen LogP contribution in [0.3, 0.4) is 0 Å². The lowest BCUT2D eigenvalue weighted by molar-refractivity contribution is -0.151. The van der Waals surface area contributed by atoms with E-state index in [2.05, 4.69) is 13.8 Å². The molecule has 1 N–H and O–H groups in total. The van der Waals surface area contributed by atoms with Crippen molar-refractivity contribution in [3.63, 3.8) is 0 Å². The van der Waals surface area contributed by atoms with Gasteiger partial charge >= 0.3 is 5.97 Å². The smallest absolute Gasteiger partial charge is 0.307 e. The second-order valence-electron chi connectivity index (χ2n) is 6.18. The van der Waals surface area contributed by atoms with Crippen LogP contribution >= 0.6 is 0 Å². The molecule has 0 radical (unpaired) electrons. The highest BCUT2D eigenvalue weighted by Crippen LogP contribution is 2.30. The van der Waals surface area contributed by atoms with Gasteiger partial charge in [-0.2, -0.15) is 0 Å². The molecule has 1 fully saturated rings. The predicted molar refractivity (Wildman–Crippen MR) is 72.5 cm³/mol. The summed E-state index contributed by atoms with van der Waals surface area (Å²) in [7, 11) is 0. The average molecular weight is 265 g/mol. The maximum atomic E-state index is 12.6. The summed E-state index contributed by atoms with van der Waals surface area (Å²) < 4.78 is 0. The third kappa shape index (κ3) is 3.17. The van der Waals surface area contributed by atoms with E-state index in [0.717, 1.165) is 19.5 Å². The summed E-state index contributed by atoms with van der Waals surface area (Å²) in [6.07, 6.45) is 6.01. The van der Waals surface area contributed by atoms with Crippen LogP contribution in [0.25, 0.3) is 0 Å². The molecule has 106 valence electrons. The summed E-state index contributed by atoms with van der Waals surface area (Å²) in [6.45, 7) is 5.86. The lowest BCUT2D eigenvalue weighted by Gasteiger charge is -2.38. The number of amides is 1. The van der Waals surface area contributed by atoms with Gasteiger partial charge < -0.3 is 10.0 Å². The highest BCUT2D eigenvalue weighted by molar-refractivity contribution is 5.85. The van der Waals surface area contributed by atoms with E-state index in [1.54, 1.807) is 0 Å². The van der Waals surface area contributed by atoms with Gasteiger partial charge in [-0.15, -0.1) is 0 Å². The minimum atomic E-state index is -0.846. The Balaban J connectivity index is 2.09. The Morgan fingerprint density at radius 1 is 1.05 bits per heavy atom. The molecule has 1 aliphatic heterocycles. The molecule has 0 spiro atoms. The molecular formula is C15H23NO3. The molecule has 19 heavy (non-hydrogen) atoms. The second-order valence-corrected chi connectivity index (χ2v) is 6.18. The van der Waals surface area contributed by atoms with Crippen molar-refractivity contribution >= 4 is 11.9 Å². The third-order valence-corrected chi connectivity index (χ3v) is 4.25. The van der Waals surface area contributed by atoms with Gasteiger partial charge in [-0.05, 0) is 31.1 Å². The Hall–Kier alpha value is -1.32. The first kappa shape index (κ1) is 14.1. The number of carbonyl (C=O) groups is 2. The number of carbonyl (C=O) groups excluding carboxylic acids is 1. The summed E-state index contributed by atoms with van der Waals surface area (Å²) >= 11 is 0. The van der Waals surface area contributed by atoms with Crippen LogP contribution in [0.5, 0.6) is 0 Å². The summed E-state index contributed by atoms with van der Waals surface area (Å²) in [4.78, 5) is 25.8. The first-order chi connectivity index (χ1) is 8.99. The van der Waals surface area contributed by atoms with Crippen LogP contribution < -0.4 is 0 Å². The van der Waals surface area contributed by atoms with Gasteiger partial charge in [-0.1, -0.05) is 26.0 Å². The number of rotatable bonds is 2. The fourth-order valence-electron chi connectivity index (χ4n) is 3.44.